The van der Waals surface area contributed by atoms with Crippen molar-refractivity contribution in [2.24, 2.45) is 0 Å². The third-order valence-corrected chi connectivity index (χ3v) is 4.42. The van der Waals surface area contributed by atoms with E-state index in [0.717, 1.165) is 5.56 Å². The molecule has 0 bridgehead atoms. The van der Waals surface area contributed by atoms with Crippen LogP contribution in [0.3, 0.4) is 0 Å². The molecule has 1 aliphatic heterocycles. The molecule has 0 aromatic heterocycles. The van der Waals surface area contributed by atoms with Gasteiger partial charge in [0.15, 0.2) is 11.6 Å². The summed E-state index contributed by atoms with van der Waals surface area (Å²) in [5, 5.41) is 1.92. The topological polar surface area (TPSA) is 44.8 Å². The van der Waals surface area contributed by atoms with Gasteiger partial charge < -0.3 is 10.1 Å². The number of ether oxygens (including phenoxy) is 1. The van der Waals surface area contributed by atoms with Crippen LogP contribution in [0.25, 0.3) is 0 Å². The normalized spacial score (nSPS) is 17.8. The van der Waals surface area contributed by atoms with E-state index in [-0.39, 0.29) is 5.75 Å². The Hall–Kier alpha value is -1.87. The first-order valence-corrected chi connectivity index (χ1v) is 8.33. The van der Waals surface area contributed by atoms with E-state index < -0.39 is 30.5 Å². The molecule has 0 radical (unpaired) electrons. The number of hydrogen-bond acceptors (Lipinski definition) is 4. The average molecular weight is 377 g/mol. The molecule has 1 amide bonds. The zero-order valence-corrected chi connectivity index (χ0v) is 14.8. The summed E-state index contributed by atoms with van der Waals surface area (Å²) in [6, 6.07) is 4.17. The number of benzene rings is 1. The van der Waals surface area contributed by atoms with E-state index in [0.29, 0.717) is 32.7 Å². The summed E-state index contributed by atoms with van der Waals surface area (Å²) in [5.74, 6) is -0.858. The molecular formula is C17H23F4N3O2. The Morgan fingerprint density at radius 2 is 1.92 bits per heavy atom. The summed E-state index contributed by atoms with van der Waals surface area (Å²) in [7, 11) is 1.41. The third kappa shape index (κ3) is 5.84. The van der Waals surface area contributed by atoms with Gasteiger partial charge in [0.1, 0.15) is 6.54 Å². The minimum Gasteiger partial charge on any atom is -0.494 e. The SMILES string of the molecule is COc1ccc(CN2CCN([C@@H](C)C(=O)NCC(F)(F)F)CC2)cc1F. The minimum absolute atomic E-state index is 0.192. The first kappa shape index (κ1) is 20.4. The number of rotatable bonds is 6. The summed E-state index contributed by atoms with van der Waals surface area (Å²) in [4.78, 5) is 15.8. The predicted molar refractivity (Wildman–Crippen MR) is 88.3 cm³/mol. The number of nitrogens with one attached hydrogen (secondary N) is 1. The Morgan fingerprint density at radius 3 is 2.46 bits per heavy atom. The van der Waals surface area contributed by atoms with Crippen molar-refractivity contribution in [3.8, 4) is 5.75 Å². The van der Waals surface area contributed by atoms with Crippen molar-refractivity contribution in [3.05, 3.63) is 29.6 Å². The van der Waals surface area contributed by atoms with Crippen molar-refractivity contribution < 1.29 is 27.1 Å². The van der Waals surface area contributed by atoms with Gasteiger partial charge in [-0.2, -0.15) is 13.2 Å². The molecule has 1 N–H and O–H groups in total. The van der Waals surface area contributed by atoms with E-state index in [9.17, 15) is 22.4 Å². The van der Waals surface area contributed by atoms with Gasteiger partial charge in [-0.1, -0.05) is 6.07 Å². The Balaban J connectivity index is 1.81. The van der Waals surface area contributed by atoms with Crippen LogP contribution in [0.2, 0.25) is 0 Å². The third-order valence-electron chi connectivity index (χ3n) is 4.42. The second-order valence-electron chi connectivity index (χ2n) is 6.29. The quantitative estimate of drug-likeness (QED) is 0.771. The monoisotopic (exact) mass is 377 g/mol. The van der Waals surface area contributed by atoms with Crippen molar-refractivity contribution in [2.45, 2.75) is 25.7 Å². The number of nitrogens with zero attached hydrogens (tertiary/aromatic N) is 2. The molecule has 9 heteroatoms. The zero-order chi connectivity index (χ0) is 19.3. The van der Waals surface area contributed by atoms with Crippen molar-refractivity contribution in [3.63, 3.8) is 0 Å². The second-order valence-corrected chi connectivity index (χ2v) is 6.29. The number of carbonyl (C=O) groups excluding carboxylic acids is 1. The van der Waals surface area contributed by atoms with E-state index in [1.807, 2.05) is 10.2 Å². The maximum atomic E-state index is 13.7. The number of hydrogen-bond donors (Lipinski definition) is 1. The fraction of sp³-hybridized carbons (Fsp3) is 0.588. The minimum atomic E-state index is -4.41. The first-order chi connectivity index (χ1) is 12.2. The first-order valence-electron chi connectivity index (χ1n) is 8.33. The summed E-state index contributed by atoms with van der Waals surface area (Å²) in [6.07, 6.45) is -4.41. The lowest BCUT2D eigenvalue weighted by atomic mass is 10.1. The van der Waals surface area contributed by atoms with E-state index >= 15 is 0 Å². The van der Waals surface area contributed by atoms with Gasteiger partial charge in [0.2, 0.25) is 5.91 Å². The molecule has 26 heavy (non-hydrogen) atoms. The molecule has 0 saturated carbocycles. The van der Waals surface area contributed by atoms with Crippen molar-refractivity contribution >= 4 is 5.91 Å². The Labute approximate surface area is 149 Å². The van der Waals surface area contributed by atoms with Gasteiger partial charge in [-0.15, -0.1) is 0 Å². The molecule has 1 atom stereocenters. The van der Waals surface area contributed by atoms with Gasteiger partial charge in [0.25, 0.3) is 0 Å². The molecule has 1 aliphatic rings. The van der Waals surface area contributed by atoms with Crippen LogP contribution in [0.5, 0.6) is 5.75 Å². The lowest BCUT2D eigenvalue weighted by Gasteiger charge is -2.37. The van der Waals surface area contributed by atoms with Crippen molar-refractivity contribution in [2.75, 3.05) is 39.8 Å². The highest BCUT2D eigenvalue weighted by Gasteiger charge is 2.31. The Kier molecular flexibility index (Phi) is 6.82. The highest BCUT2D eigenvalue weighted by atomic mass is 19.4. The number of amides is 1. The molecule has 1 heterocycles. The highest BCUT2D eigenvalue weighted by Crippen LogP contribution is 2.19. The van der Waals surface area contributed by atoms with Crippen LogP contribution < -0.4 is 10.1 Å². The molecule has 1 aromatic carbocycles. The second kappa shape index (κ2) is 8.68. The smallest absolute Gasteiger partial charge is 0.405 e. The number of methoxy groups -OCH3 is 1. The number of carbonyl (C=O) groups is 1. The summed E-state index contributed by atoms with van der Waals surface area (Å²) >= 11 is 0. The van der Waals surface area contributed by atoms with Crippen LogP contribution in [0.4, 0.5) is 17.6 Å². The molecule has 1 fully saturated rings. The maximum Gasteiger partial charge on any atom is 0.405 e. The van der Waals surface area contributed by atoms with Gasteiger partial charge in [-0.25, -0.2) is 4.39 Å². The Bertz CT molecular complexity index is 617. The largest absolute Gasteiger partial charge is 0.494 e. The number of piperazine rings is 1. The number of alkyl halides is 3. The standard InChI is InChI=1S/C17H23F4N3O2/c1-12(16(25)22-11-17(19,20)21)24-7-5-23(6-8-24)10-13-3-4-15(26-2)14(18)9-13/h3-4,9,12H,5-8,10-11H2,1-2H3,(H,22,25)/t12-/m0/s1. The molecule has 1 saturated heterocycles. The molecule has 2 rings (SSSR count). The van der Waals surface area contributed by atoms with Crippen LogP contribution in [-0.4, -0.2) is 67.8 Å². The van der Waals surface area contributed by atoms with Crippen LogP contribution in [0.1, 0.15) is 12.5 Å². The average Bonchev–Trinajstić information content (AvgIpc) is 2.59. The molecule has 5 nitrogen and oxygen atoms in total. The van der Waals surface area contributed by atoms with Gasteiger partial charge in [-0.05, 0) is 24.6 Å². The van der Waals surface area contributed by atoms with Crippen molar-refractivity contribution in [1.82, 2.24) is 15.1 Å². The van der Waals surface area contributed by atoms with Crippen LogP contribution in [-0.2, 0) is 11.3 Å². The fourth-order valence-corrected chi connectivity index (χ4v) is 2.88. The van der Waals surface area contributed by atoms with Gasteiger partial charge in [0.05, 0.1) is 13.2 Å². The highest BCUT2D eigenvalue weighted by molar-refractivity contribution is 5.81. The summed E-state index contributed by atoms with van der Waals surface area (Å²) in [5.41, 5.74) is 0.813. The predicted octanol–water partition coefficient (Wildman–Crippen LogP) is 2.02. The lowest BCUT2D eigenvalue weighted by molar-refractivity contribution is -0.141. The van der Waals surface area contributed by atoms with Crippen LogP contribution >= 0.6 is 0 Å². The van der Waals surface area contributed by atoms with E-state index in [1.54, 1.807) is 19.1 Å². The van der Waals surface area contributed by atoms with E-state index in [4.69, 9.17) is 4.74 Å². The maximum absolute atomic E-state index is 13.7. The zero-order valence-electron chi connectivity index (χ0n) is 14.8. The van der Waals surface area contributed by atoms with Crippen molar-refractivity contribution in [1.29, 1.82) is 0 Å². The summed E-state index contributed by atoms with van der Waals surface area (Å²) < 4.78 is 55.2. The molecule has 1 aromatic rings. The molecule has 0 aliphatic carbocycles. The molecule has 0 spiro atoms. The lowest BCUT2D eigenvalue weighted by Crippen LogP contribution is -2.54. The van der Waals surface area contributed by atoms with E-state index in [2.05, 4.69) is 4.90 Å². The molecular weight excluding hydrogens is 354 g/mol. The van der Waals surface area contributed by atoms with Crippen LogP contribution in [0, 0.1) is 5.82 Å². The molecule has 146 valence electrons. The molecule has 0 unspecified atom stereocenters. The van der Waals surface area contributed by atoms with Gasteiger partial charge in [0, 0.05) is 32.7 Å². The van der Waals surface area contributed by atoms with Crippen LogP contribution in [0.15, 0.2) is 18.2 Å². The van der Waals surface area contributed by atoms with E-state index in [1.165, 1.54) is 13.2 Å². The number of halogens is 4. The fourth-order valence-electron chi connectivity index (χ4n) is 2.88. The van der Waals surface area contributed by atoms with Gasteiger partial charge in [-0.3, -0.25) is 14.6 Å². The van der Waals surface area contributed by atoms with Gasteiger partial charge >= 0.3 is 6.18 Å². The summed E-state index contributed by atoms with van der Waals surface area (Å²) in [6.45, 7) is 3.23. The Morgan fingerprint density at radius 1 is 1.27 bits per heavy atom.